The van der Waals surface area contributed by atoms with Crippen molar-refractivity contribution in [2.24, 2.45) is 0 Å². The van der Waals surface area contributed by atoms with Crippen LogP contribution in [-0.2, 0) is 40.6 Å². The molecular formula is C5CrNa2O5+2. The van der Waals surface area contributed by atoms with Crippen LogP contribution < -0.4 is 59.1 Å². The Labute approximate surface area is 131 Å². The normalized spacial score (nSPS) is 0.769. The van der Waals surface area contributed by atoms with Gasteiger partial charge in [-0.2, -0.15) is 0 Å². The molecule has 0 aliphatic heterocycles. The van der Waals surface area contributed by atoms with E-state index in [-0.39, 0.29) is 76.5 Å². The van der Waals surface area contributed by atoms with E-state index in [0.29, 0.717) is 0 Å². The van der Waals surface area contributed by atoms with Crippen LogP contribution in [0.2, 0.25) is 0 Å². The molecule has 0 rings (SSSR count). The molecule has 0 unspecified atom stereocenters. The van der Waals surface area contributed by atoms with Gasteiger partial charge in [0.05, 0.1) is 0 Å². The van der Waals surface area contributed by atoms with E-state index >= 15 is 0 Å². The quantitative estimate of drug-likeness (QED) is 0.228. The predicted molar refractivity (Wildman–Crippen MR) is 19.6 cm³/mol. The monoisotopic (exact) mass is 238 g/mol. The molecule has 0 aliphatic carbocycles. The molecule has 0 aromatic heterocycles. The molecule has 0 bridgehead atoms. The molecule has 0 saturated heterocycles. The van der Waals surface area contributed by atoms with Crippen LogP contribution in [0.1, 0.15) is 0 Å². The van der Waals surface area contributed by atoms with E-state index in [4.69, 9.17) is 23.3 Å². The summed E-state index contributed by atoms with van der Waals surface area (Å²) < 4.78 is 37.5. The fraction of sp³-hybridized carbons (Fsp3) is 0. The number of hydrogen-bond acceptors (Lipinski definition) is 0. The van der Waals surface area contributed by atoms with Crippen molar-refractivity contribution in [1.82, 2.24) is 0 Å². The van der Waals surface area contributed by atoms with Crippen molar-refractivity contribution in [3.8, 4) is 0 Å². The van der Waals surface area contributed by atoms with E-state index in [1.807, 2.05) is 0 Å². The first-order valence-corrected chi connectivity index (χ1v) is 1.02. The van der Waals surface area contributed by atoms with Crippen LogP contribution in [0.25, 0.3) is 0 Å². The van der Waals surface area contributed by atoms with Gasteiger partial charge in [0.1, 0.15) is 0 Å². The molecule has 0 aliphatic rings. The predicted octanol–water partition coefficient (Wildman–Crippen LogP) is -6.18. The molecule has 0 aromatic carbocycles. The average molecular weight is 238 g/mol. The van der Waals surface area contributed by atoms with Gasteiger partial charge in [-0.3, -0.25) is 0 Å². The van der Waals surface area contributed by atoms with Crippen molar-refractivity contribution in [2.45, 2.75) is 0 Å². The summed E-state index contributed by atoms with van der Waals surface area (Å²) in [6.07, 6.45) is 0. The fourth-order valence-electron chi connectivity index (χ4n) is 0. The Kier molecular flexibility index (Phi) is 6430. The Morgan fingerprint density at radius 1 is 0.385 bits per heavy atom. The maximum Gasteiger partial charge on any atom is 1.00 e. The van der Waals surface area contributed by atoms with Crippen LogP contribution in [0.15, 0.2) is 0 Å². The van der Waals surface area contributed by atoms with Crippen LogP contribution in [0, 0.1) is 33.3 Å². The van der Waals surface area contributed by atoms with Gasteiger partial charge < -0.3 is 0 Å². The van der Waals surface area contributed by atoms with Crippen LogP contribution >= 0.6 is 0 Å². The second kappa shape index (κ2) is 1300. The van der Waals surface area contributed by atoms with Crippen LogP contribution in [0.4, 0.5) is 0 Å². The summed E-state index contributed by atoms with van der Waals surface area (Å²) in [4.78, 5) is 0. The van der Waals surface area contributed by atoms with Gasteiger partial charge in [0.2, 0.25) is 0 Å². The van der Waals surface area contributed by atoms with Gasteiger partial charge in [-0.1, -0.05) is 0 Å². The summed E-state index contributed by atoms with van der Waals surface area (Å²) in [5.41, 5.74) is 0. The smallest absolute Gasteiger partial charge is 0 e. The van der Waals surface area contributed by atoms with E-state index < -0.39 is 0 Å². The second-order valence-electron chi connectivity index (χ2n) is 0. The summed E-state index contributed by atoms with van der Waals surface area (Å²) in [5, 5.41) is 0. The van der Waals surface area contributed by atoms with E-state index in [9.17, 15) is 0 Å². The van der Waals surface area contributed by atoms with Gasteiger partial charge in [-0.05, 0) is 0 Å². The van der Waals surface area contributed by atoms with Crippen LogP contribution in [0.3, 0.4) is 0 Å². The maximum atomic E-state index is 7.50. The van der Waals surface area contributed by atoms with Crippen LogP contribution in [0.5, 0.6) is 0 Å². The standard InChI is InChI=1S/5CO.Cr.2Na/c5*1-2;;;/q;;;;;;2*+1. The van der Waals surface area contributed by atoms with Gasteiger partial charge in [-0.15, -0.1) is 0 Å². The van der Waals surface area contributed by atoms with Crippen molar-refractivity contribution in [2.75, 3.05) is 0 Å². The zero-order chi connectivity index (χ0) is 10.0. The second-order valence-corrected chi connectivity index (χ2v) is 0. The molecule has 0 saturated carbocycles. The fourth-order valence-corrected chi connectivity index (χ4v) is 0. The van der Waals surface area contributed by atoms with Crippen molar-refractivity contribution >= 4 is 0 Å². The van der Waals surface area contributed by atoms with Gasteiger partial charge >= 0.3 is 116 Å². The first-order chi connectivity index (χ1) is 5.00. The minimum Gasteiger partial charge on any atom is 0 e. The molecule has 0 amide bonds. The molecule has 5 nitrogen and oxygen atoms in total. The van der Waals surface area contributed by atoms with Crippen LogP contribution in [-0.4, -0.2) is 0 Å². The average Bonchev–Trinajstić information content (AvgIpc) is 2.20. The number of hydrogen-bond donors (Lipinski definition) is 0. The Bertz CT molecular complexity index is 81.5. The number of rotatable bonds is 0. The van der Waals surface area contributed by atoms with Gasteiger partial charge in [0.15, 0.2) is 0 Å². The summed E-state index contributed by atoms with van der Waals surface area (Å²) in [7, 11) is 0. The molecule has 0 radical (unpaired) electrons. The molecule has 0 spiro atoms. The van der Waals surface area contributed by atoms with E-state index in [0.717, 1.165) is 0 Å². The van der Waals surface area contributed by atoms with Gasteiger partial charge in [0.25, 0.3) is 0 Å². The molecule has 13 heavy (non-hydrogen) atoms. The first kappa shape index (κ1) is 64.2. The zero-order valence-corrected chi connectivity index (χ0v) is 12.2. The van der Waals surface area contributed by atoms with E-state index in [1.165, 1.54) is 0 Å². The van der Waals surface area contributed by atoms with E-state index in [2.05, 4.69) is 33.3 Å². The topological polar surface area (TPSA) is 99.5 Å². The maximum absolute atomic E-state index is 7.50. The molecule has 0 atom stereocenters. The molecule has 8 heteroatoms. The van der Waals surface area contributed by atoms with Crippen molar-refractivity contribution in [1.29, 1.82) is 0 Å². The molecule has 0 heterocycles. The first-order valence-electron chi connectivity index (χ1n) is 1.02. The Morgan fingerprint density at radius 2 is 0.385 bits per heavy atom. The van der Waals surface area contributed by atoms with E-state index in [1.54, 1.807) is 0 Å². The summed E-state index contributed by atoms with van der Waals surface area (Å²) in [6.45, 7) is 22.5. The molecular weight excluding hydrogens is 238 g/mol. The third-order valence-corrected chi connectivity index (χ3v) is 0. The largest absolute Gasteiger partial charge is 1.00 e. The van der Waals surface area contributed by atoms with Gasteiger partial charge in [0, 0.05) is 17.4 Å². The van der Waals surface area contributed by atoms with Crippen molar-refractivity contribution in [3.63, 3.8) is 0 Å². The Balaban J connectivity index is -0.00000000379. The van der Waals surface area contributed by atoms with Crippen molar-refractivity contribution in [3.05, 3.63) is 33.3 Å². The Morgan fingerprint density at radius 3 is 0.385 bits per heavy atom. The summed E-state index contributed by atoms with van der Waals surface area (Å²) in [6, 6.07) is 0. The summed E-state index contributed by atoms with van der Waals surface area (Å²) in [5.74, 6) is 0. The minimum absolute atomic E-state index is 0. The summed E-state index contributed by atoms with van der Waals surface area (Å²) >= 11 is 0. The van der Waals surface area contributed by atoms with Gasteiger partial charge in [-0.25, -0.2) is 0 Å². The zero-order valence-electron chi connectivity index (χ0n) is 6.95. The third kappa shape index (κ3) is 1100. The molecule has 0 fully saturated rings. The molecule has 0 aromatic rings. The molecule has 56 valence electrons. The SMILES string of the molecule is [C-]#[O+].[C-]#[O+].[C-]#[O+].[C-]#[O+].[C-]#[O+].[Cr].[Na+].[Na+]. The Hall–Kier alpha value is 1.23. The third-order valence-electron chi connectivity index (χ3n) is 0. The minimum atomic E-state index is 0. The molecule has 0 N–H and O–H groups in total. The van der Waals surface area contributed by atoms with Crippen molar-refractivity contribution < 1.29 is 99.7 Å².